The fraction of sp³-hybridized carbons (Fsp3) is 0.533. The standard InChI is InChI=1S/C15H23N5O10/c1-5(18-13(27)6(16)2-10(22)23)12(26)19-7(4-11(24)25)14(28)20-8(15(29)30)3-9(17)21/h5-8H,2-4,16H2,1H3,(H2,17,21)(H,18,27)(H,19,26)(H,20,28)(H,22,23)(H,24,25)(H,29,30). The van der Waals surface area contributed by atoms with Gasteiger partial charge in [0.1, 0.15) is 18.1 Å². The highest BCUT2D eigenvalue weighted by Gasteiger charge is 2.31. The van der Waals surface area contributed by atoms with E-state index in [1.165, 1.54) is 0 Å². The zero-order valence-corrected chi connectivity index (χ0v) is 15.8. The van der Waals surface area contributed by atoms with Crippen molar-refractivity contribution < 1.29 is 48.9 Å². The van der Waals surface area contributed by atoms with Gasteiger partial charge in [-0.1, -0.05) is 0 Å². The number of rotatable bonds is 13. The van der Waals surface area contributed by atoms with Crippen LogP contribution in [-0.2, 0) is 33.6 Å². The smallest absolute Gasteiger partial charge is 0.326 e. The van der Waals surface area contributed by atoms with Gasteiger partial charge in [0.15, 0.2) is 0 Å². The molecule has 0 aliphatic rings. The van der Waals surface area contributed by atoms with Crippen LogP contribution in [0.2, 0.25) is 0 Å². The molecular formula is C15H23N5O10. The van der Waals surface area contributed by atoms with Crippen molar-refractivity contribution in [2.24, 2.45) is 11.5 Å². The van der Waals surface area contributed by atoms with Crippen molar-refractivity contribution in [3.63, 3.8) is 0 Å². The number of hydrogen-bond donors (Lipinski definition) is 8. The number of carbonyl (C=O) groups is 7. The molecular weight excluding hydrogens is 410 g/mol. The van der Waals surface area contributed by atoms with E-state index < -0.39 is 85.0 Å². The van der Waals surface area contributed by atoms with E-state index in [0.29, 0.717) is 0 Å². The molecule has 0 aliphatic heterocycles. The van der Waals surface area contributed by atoms with Crippen LogP contribution in [0.25, 0.3) is 0 Å². The number of hydrogen-bond acceptors (Lipinski definition) is 8. The lowest BCUT2D eigenvalue weighted by atomic mass is 10.1. The molecule has 0 heterocycles. The second-order valence-corrected chi connectivity index (χ2v) is 6.16. The summed E-state index contributed by atoms with van der Waals surface area (Å²) in [5.41, 5.74) is 10.2. The Balaban J connectivity index is 5.16. The molecule has 168 valence electrons. The van der Waals surface area contributed by atoms with Gasteiger partial charge >= 0.3 is 17.9 Å². The number of nitrogens with one attached hydrogen (secondary N) is 3. The first-order chi connectivity index (χ1) is 13.7. The van der Waals surface area contributed by atoms with Gasteiger partial charge < -0.3 is 42.7 Å². The third-order valence-electron chi connectivity index (χ3n) is 3.51. The maximum absolute atomic E-state index is 12.2. The molecule has 0 radical (unpaired) electrons. The van der Waals surface area contributed by atoms with Gasteiger partial charge in [-0.15, -0.1) is 0 Å². The van der Waals surface area contributed by atoms with Gasteiger partial charge in [0.05, 0.1) is 25.3 Å². The van der Waals surface area contributed by atoms with Crippen molar-refractivity contribution in [2.45, 2.75) is 50.4 Å². The number of amides is 4. The van der Waals surface area contributed by atoms with Gasteiger partial charge in [-0.25, -0.2) is 4.79 Å². The molecule has 0 saturated heterocycles. The Hall–Kier alpha value is -3.75. The van der Waals surface area contributed by atoms with Crippen LogP contribution in [0.15, 0.2) is 0 Å². The van der Waals surface area contributed by atoms with Crippen LogP contribution in [0.1, 0.15) is 26.2 Å². The SMILES string of the molecule is CC(NC(=O)C(N)CC(=O)O)C(=O)NC(CC(=O)O)C(=O)NC(CC(N)=O)C(=O)O. The molecule has 0 aromatic heterocycles. The van der Waals surface area contributed by atoms with Crippen molar-refractivity contribution in [3.8, 4) is 0 Å². The van der Waals surface area contributed by atoms with Gasteiger partial charge in [-0.3, -0.25) is 28.8 Å². The fourth-order valence-electron chi connectivity index (χ4n) is 2.02. The molecule has 15 heteroatoms. The minimum absolute atomic E-state index is 0.708. The number of carboxylic acid groups (broad SMARTS) is 3. The zero-order chi connectivity index (χ0) is 23.6. The molecule has 4 atom stereocenters. The maximum Gasteiger partial charge on any atom is 0.326 e. The van der Waals surface area contributed by atoms with Gasteiger partial charge in [0.2, 0.25) is 23.6 Å². The predicted molar refractivity (Wildman–Crippen MR) is 95.4 cm³/mol. The molecule has 0 aliphatic carbocycles. The Kier molecular flexibility index (Phi) is 10.5. The monoisotopic (exact) mass is 433 g/mol. The number of carboxylic acids is 3. The van der Waals surface area contributed by atoms with E-state index in [9.17, 15) is 33.6 Å². The third-order valence-corrected chi connectivity index (χ3v) is 3.51. The maximum atomic E-state index is 12.2. The molecule has 0 bridgehead atoms. The van der Waals surface area contributed by atoms with Crippen LogP contribution in [0, 0.1) is 0 Å². The molecule has 10 N–H and O–H groups in total. The number of nitrogens with two attached hydrogens (primary N) is 2. The third kappa shape index (κ3) is 9.98. The van der Waals surface area contributed by atoms with Crippen LogP contribution in [-0.4, -0.2) is 81.0 Å². The molecule has 0 rings (SSSR count). The molecule has 0 fully saturated rings. The van der Waals surface area contributed by atoms with Crippen LogP contribution in [0.4, 0.5) is 0 Å². The summed E-state index contributed by atoms with van der Waals surface area (Å²) in [6, 6.07) is -6.31. The lowest BCUT2D eigenvalue weighted by Crippen LogP contribution is -2.57. The van der Waals surface area contributed by atoms with Gasteiger partial charge in [0, 0.05) is 0 Å². The topological polar surface area (TPSA) is 268 Å². The average Bonchev–Trinajstić information content (AvgIpc) is 2.58. The van der Waals surface area contributed by atoms with E-state index in [2.05, 4.69) is 5.32 Å². The molecule has 15 nitrogen and oxygen atoms in total. The molecule has 4 unspecified atom stereocenters. The molecule has 30 heavy (non-hydrogen) atoms. The lowest BCUT2D eigenvalue weighted by molar-refractivity contribution is -0.144. The predicted octanol–water partition coefficient (Wildman–Crippen LogP) is -4.30. The van der Waals surface area contributed by atoms with Crippen molar-refractivity contribution >= 4 is 41.5 Å². The quantitative estimate of drug-likeness (QED) is 0.137. The summed E-state index contributed by atoms with van der Waals surface area (Å²) in [6.07, 6.45) is -2.43. The second kappa shape index (κ2) is 11.9. The minimum Gasteiger partial charge on any atom is -0.481 e. The molecule has 0 aromatic carbocycles. The van der Waals surface area contributed by atoms with Crippen molar-refractivity contribution in [2.75, 3.05) is 0 Å². The molecule has 4 amide bonds. The van der Waals surface area contributed by atoms with Crippen LogP contribution >= 0.6 is 0 Å². The summed E-state index contributed by atoms with van der Waals surface area (Å²) in [6.45, 7) is 1.16. The Morgan fingerprint density at radius 3 is 1.67 bits per heavy atom. The highest BCUT2D eigenvalue weighted by atomic mass is 16.4. The van der Waals surface area contributed by atoms with E-state index in [-0.39, 0.29) is 0 Å². The Labute approximate surface area is 169 Å². The molecule has 0 saturated carbocycles. The largest absolute Gasteiger partial charge is 0.481 e. The Morgan fingerprint density at radius 1 is 0.733 bits per heavy atom. The average molecular weight is 433 g/mol. The van der Waals surface area contributed by atoms with E-state index in [4.69, 9.17) is 26.8 Å². The van der Waals surface area contributed by atoms with Crippen LogP contribution in [0.5, 0.6) is 0 Å². The summed E-state index contributed by atoms with van der Waals surface area (Å²) in [4.78, 5) is 79.6. The van der Waals surface area contributed by atoms with Gasteiger partial charge in [-0.2, -0.15) is 0 Å². The fourth-order valence-corrected chi connectivity index (χ4v) is 2.02. The highest BCUT2D eigenvalue weighted by molar-refractivity contribution is 5.96. The summed E-state index contributed by atoms with van der Waals surface area (Å²) < 4.78 is 0. The minimum atomic E-state index is -1.76. The molecule has 0 spiro atoms. The summed E-state index contributed by atoms with van der Waals surface area (Å²) >= 11 is 0. The van der Waals surface area contributed by atoms with E-state index in [1.807, 2.05) is 10.6 Å². The number of aliphatic carboxylic acids is 3. The van der Waals surface area contributed by atoms with Crippen molar-refractivity contribution in [1.82, 2.24) is 16.0 Å². The van der Waals surface area contributed by atoms with Gasteiger partial charge in [-0.05, 0) is 6.92 Å². The van der Waals surface area contributed by atoms with Crippen LogP contribution in [0.3, 0.4) is 0 Å². The Bertz CT molecular complexity index is 725. The van der Waals surface area contributed by atoms with E-state index in [0.717, 1.165) is 6.92 Å². The zero-order valence-electron chi connectivity index (χ0n) is 15.8. The summed E-state index contributed by atoms with van der Waals surface area (Å²) in [5.74, 6) is -8.76. The first kappa shape index (κ1) is 26.2. The van der Waals surface area contributed by atoms with Crippen molar-refractivity contribution in [3.05, 3.63) is 0 Å². The van der Waals surface area contributed by atoms with E-state index >= 15 is 0 Å². The number of primary amides is 1. The normalized spacial score (nSPS) is 14.3. The first-order valence-corrected chi connectivity index (χ1v) is 8.36. The van der Waals surface area contributed by atoms with Crippen molar-refractivity contribution in [1.29, 1.82) is 0 Å². The van der Waals surface area contributed by atoms with Gasteiger partial charge in [0.25, 0.3) is 0 Å². The lowest BCUT2D eigenvalue weighted by Gasteiger charge is -2.22. The van der Waals surface area contributed by atoms with E-state index in [1.54, 1.807) is 0 Å². The summed E-state index contributed by atoms with van der Waals surface area (Å²) in [5, 5.41) is 32.5. The second-order valence-electron chi connectivity index (χ2n) is 6.16. The van der Waals surface area contributed by atoms with Crippen LogP contribution < -0.4 is 27.4 Å². The Morgan fingerprint density at radius 2 is 1.23 bits per heavy atom. The number of carbonyl (C=O) groups excluding carboxylic acids is 4. The first-order valence-electron chi connectivity index (χ1n) is 8.36. The summed E-state index contributed by atoms with van der Waals surface area (Å²) in [7, 11) is 0. The highest BCUT2D eigenvalue weighted by Crippen LogP contribution is 2.00. The molecule has 0 aromatic rings.